The first-order valence-electron chi connectivity index (χ1n) is 5.52. The van der Waals surface area contributed by atoms with Gasteiger partial charge in [-0.15, -0.1) is 12.6 Å². The molecule has 1 rings (SSSR count). The van der Waals surface area contributed by atoms with Crippen LogP contribution in [0.25, 0.3) is 0 Å². The molecule has 0 fully saturated rings. The molecule has 0 saturated carbocycles. The van der Waals surface area contributed by atoms with Crippen molar-refractivity contribution >= 4 is 18.6 Å². The van der Waals surface area contributed by atoms with Gasteiger partial charge in [-0.2, -0.15) is 5.26 Å². The van der Waals surface area contributed by atoms with Gasteiger partial charge in [0.15, 0.2) is 0 Å². The first-order valence-corrected chi connectivity index (χ1v) is 5.97. The van der Waals surface area contributed by atoms with E-state index in [-0.39, 0.29) is 12.4 Å². The monoisotopic (exact) mass is 249 g/mol. The quantitative estimate of drug-likeness (QED) is 0.659. The minimum Gasteiger partial charge on any atom is -0.466 e. The molecular formula is C13H15NO2S. The zero-order valence-electron chi connectivity index (χ0n) is 9.99. The van der Waals surface area contributed by atoms with Crippen molar-refractivity contribution in [3.63, 3.8) is 0 Å². The molecule has 17 heavy (non-hydrogen) atoms. The molecule has 4 heteroatoms. The molecule has 0 spiro atoms. The second kappa shape index (κ2) is 6.31. The molecule has 0 atom stereocenters. The van der Waals surface area contributed by atoms with Crippen molar-refractivity contribution in [2.45, 2.75) is 31.6 Å². The normalized spacial score (nSPS) is 9.76. The molecule has 0 aliphatic rings. The highest BCUT2D eigenvalue weighted by atomic mass is 32.1. The maximum absolute atomic E-state index is 11.5. The highest BCUT2D eigenvalue weighted by Gasteiger charge is 2.12. The van der Waals surface area contributed by atoms with Crippen molar-refractivity contribution in [2.75, 3.05) is 6.61 Å². The van der Waals surface area contributed by atoms with E-state index >= 15 is 0 Å². The van der Waals surface area contributed by atoms with Gasteiger partial charge in [0.05, 0.1) is 24.7 Å². The van der Waals surface area contributed by atoms with Crippen LogP contribution in [0.15, 0.2) is 17.0 Å². The highest BCUT2D eigenvalue weighted by molar-refractivity contribution is 7.80. The van der Waals surface area contributed by atoms with Gasteiger partial charge in [0.2, 0.25) is 0 Å². The van der Waals surface area contributed by atoms with Gasteiger partial charge in [-0.25, -0.2) is 0 Å². The predicted octanol–water partition coefficient (Wildman–Crippen LogP) is 2.51. The van der Waals surface area contributed by atoms with Gasteiger partial charge in [-0.05, 0) is 36.6 Å². The van der Waals surface area contributed by atoms with Crippen molar-refractivity contribution in [2.24, 2.45) is 0 Å². The van der Waals surface area contributed by atoms with Gasteiger partial charge in [0.25, 0.3) is 0 Å². The van der Waals surface area contributed by atoms with Crippen LogP contribution in [0.1, 0.15) is 30.5 Å². The van der Waals surface area contributed by atoms with Gasteiger partial charge in [-0.1, -0.05) is 6.92 Å². The van der Waals surface area contributed by atoms with E-state index in [2.05, 4.69) is 18.7 Å². The summed E-state index contributed by atoms with van der Waals surface area (Å²) in [4.78, 5) is 12.2. The third-order valence-corrected chi connectivity index (χ3v) is 2.70. The molecule has 0 unspecified atom stereocenters. The Balaban J connectivity index is 3.10. The van der Waals surface area contributed by atoms with Crippen LogP contribution in [0.2, 0.25) is 0 Å². The summed E-state index contributed by atoms with van der Waals surface area (Å²) >= 11 is 4.24. The summed E-state index contributed by atoms with van der Waals surface area (Å²) in [5.74, 6) is -0.273. The molecule has 1 aromatic rings. The lowest BCUT2D eigenvalue weighted by Crippen LogP contribution is -2.10. The predicted molar refractivity (Wildman–Crippen MR) is 68.1 cm³/mol. The number of ether oxygens (including phenoxy) is 1. The Bertz CT molecular complexity index is 463. The smallest absolute Gasteiger partial charge is 0.310 e. The molecule has 0 aliphatic heterocycles. The molecular weight excluding hydrogens is 234 g/mol. The summed E-state index contributed by atoms with van der Waals surface area (Å²) in [6, 6.07) is 5.67. The first-order chi connectivity index (χ1) is 8.12. The van der Waals surface area contributed by atoms with Crippen LogP contribution in [0.4, 0.5) is 0 Å². The number of carbonyl (C=O) groups excluding carboxylic acids is 1. The molecule has 0 bridgehead atoms. The summed E-state index contributed by atoms with van der Waals surface area (Å²) in [5.41, 5.74) is 2.31. The zero-order valence-corrected chi connectivity index (χ0v) is 10.9. The fraction of sp³-hybridized carbons (Fsp3) is 0.385. The standard InChI is InChI=1S/C13H15NO2S/c1-3-12-9(7-13(15)16-4-2)5-11(17)6-10(12)8-14/h5-6,17H,3-4,7H2,1-2H3. The van der Waals surface area contributed by atoms with Crippen molar-refractivity contribution < 1.29 is 9.53 Å². The number of benzene rings is 1. The Kier molecular flexibility index (Phi) is 5.05. The third kappa shape index (κ3) is 3.50. The van der Waals surface area contributed by atoms with Crippen LogP contribution in [0.5, 0.6) is 0 Å². The van der Waals surface area contributed by atoms with Crippen molar-refractivity contribution in [1.29, 1.82) is 5.26 Å². The average Bonchev–Trinajstić information content (AvgIpc) is 2.28. The molecule has 0 aliphatic carbocycles. The largest absolute Gasteiger partial charge is 0.466 e. The molecule has 0 aromatic heterocycles. The summed E-state index contributed by atoms with van der Waals surface area (Å²) in [5, 5.41) is 9.04. The molecule has 0 heterocycles. The summed E-state index contributed by atoms with van der Waals surface area (Å²) < 4.78 is 4.91. The van der Waals surface area contributed by atoms with E-state index in [1.54, 1.807) is 13.0 Å². The highest BCUT2D eigenvalue weighted by Crippen LogP contribution is 2.21. The molecule has 90 valence electrons. The maximum Gasteiger partial charge on any atom is 0.310 e. The Morgan fingerprint density at radius 1 is 1.47 bits per heavy atom. The summed E-state index contributed by atoms with van der Waals surface area (Å²) in [6.07, 6.45) is 0.909. The minimum atomic E-state index is -0.273. The van der Waals surface area contributed by atoms with E-state index in [9.17, 15) is 4.79 Å². The lowest BCUT2D eigenvalue weighted by Gasteiger charge is -2.10. The number of esters is 1. The number of hydrogen-bond donors (Lipinski definition) is 1. The third-order valence-electron chi connectivity index (χ3n) is 2.44. The molecule has 0 radical (unpaired) electrons. The molecule has 1 aromatic carbocycles. The number of thiol groups is 1. The lowest BCUT2D eigenvalue weighted by molar-refractivity contribution is -0.142. The van der Waals surface area contributed by atoms with Crippen LogP contribution in [0, 0.1) is 11.3 Å². The second-order valence-electron chi connectivity index (χ2n) is 3.58. The van der Waals surface area contributed by atoms with Crippen molar-refractivity contribution in [3.05, 3.63) is 28.8 Å². The van der Waals surface area contributed by atoms with E-state index in [1.165, 1.54) is 0 Å². The molecule has 0 amide bonds. The Morgan fingerprint density at radius 3 is 2.71 bits per heavy atom. The molecule has 0 saturated heterocycles. The van der Waals surface area contributed by atoms with E-state index in [0.29, 0.717) is 23.5 Å². The van der Waals surface area contributed by atoms with E-state index in [1.807, 2.05) is 13.0 Å². The van der Waals surface area contributed by atoms with Crippen molar-refractivity contribution in [3.8, 4) is 6.07 Å². The number of rotatable bonds is 4. The van der Waals surface area contributed by atoms with E-state index in [4.69, 9.17) is 10.00 Å². The lowest BCUT2D eigenvalue weighted by atomic mass is 9.97. The van der Waals surface area contributed by atoms with Gasteiger partial charge >= 0.3 is 5.97 Å². The Hall–Kier alpha value is -1.47. The zero-order chi connectivity index (χ0) is 12.8. The number of carbonyl (C=O) groups is 1. The SMILES string of the molecule is CCOC(=O)Cc1cc(S)cc(C#N)c1CC. The minimum absolute atomic E-state index is 0.195. The van der Waals surface area contributed by atoms with Gasteiger partial charge in [0, 0.05) is 4.90 Å². The fourth-order valence-electron chi connectivity index (χ4n) is 1.76. The number of hydrogen-bond acceptors (Lipinski definition) is 4. The first kappa shape index (κ1) is 13.6. The number of nitriles is 1. The van der Waals surface area contributed by atoms with Gasteiger partial charge in [-0.3, -0.25) is 4.79 Å². The fourth-order valence-corrected chi connectivity index (χ4v) is 2.04. The van der Waals surface area contributed by atoms with Gasteiger partial charge in [0.1, 0.15) is 0 Å². The maximum atomic E-state index is 11.5. The van der Waals surface area contributed by atoms with Crippen LogP contribution in [-0.4, -0.2) is 12.6 Å². The summed E-state index contributed by atoms with van der Waals surface area (Å²) in [7, 11) is 0. The Labute approximate surface area is 107 Å². The van der Waals surface area contributed by atoms with E-state index < -0.39 is 0 Å². The van der Waals surface area contributed by atoms with Crippen LogP contribution < -0.4 is 0 Å². The molecule has 3 nitrogen and oxygen atoms in total. The van der Waals surface area contributed by atoms with Gasteiger partial charge < -0.3 is 4.74 Å². The Morgan fingerprint density at radius 2 is 2.18 bits per heavy atom. The second-order valence-corrected chi connectivity index (χ2v) is 4.09. The van der Waals surface area contributed by atoms with Crippen LogP contribution >= 0.6 is 12.6 Å². The topological polar surface area (TPSA) is 50.1 Å². The summed E-state index contributed by atoms with van der Waals surface area (Å²) in [6.45, 7) is 4.10. The van der Waals surface area contributed by atoms with Crippen molar-refractivity contribution in [1.82, 2.24) is 0 Å². The van der Waals surface area contributed by atoms with Crippen LogP contribution in [-0.2, 0) is 22.4 Å². The number of nitrogens with zero attached hydrogens (tertiary/aromatic N) is 1. The van der Waals surface area contributed by atoms with E-state index in [0.717, 1.165) is 11.1 Å². The average molecular weight is 249 g/mol. The molecule has 0 N–H and O–H groups in total. The van der Waals surface area contributed by atoms with Crippen LogP contribution in [0.3, 0.4) is 0 Å².